The van der Waals surface area contributed by atoms with Gasteiger partial charge in [0.05, 0.1) is 13.2 Å². The Morgan fingerprint density at radius 3 is 3.05 bits per heavy atom. The zero-order chi connectivity index (χ0) is 14.4. The first-order valence-corrected chi connectivity index (χ1v) is 7.77. The zero-order valence-electron chi connectivity index (χ0n) is 13.1. The van der Waals surface area contributed by atoms with Gasteiger partial charge in [0.25, 0.3) is 0 Å². The summed E-state index contributed by atoms with van der Waals surface area (Å²) in [5.41, 5.74) is 1.18. The second-order valence-electron chi connectivity index (χ2n) is 5.69. The molecule has 1 saturated heterocycles. The normalized spacial score (nSPS) is 19.9. The quantitative estimate of drug-likeness (QED) is 0.743. The lowest BCUT2D eigenvalue weighted by Crippen LogP contribution is -2.26. The summed E-state index contributed by atoms with van der Waals surface area (Å²) in [5.74, 6) is 1.98. The van der Waals surface area contributed by atoms with E-state index in [-0.39, 0.29) is 0 Å². The van der Waals surface area contributed by atoms with E-state index in [0.717, 1.165) is 37.6 Å². The van der Waals surface area contributed by atoms with Gasteiger partial charge >= 0.3 is 0 Å². The average Bonchev–Trinajstić information content (AvgIpc) is 2.99. The number of furan rings is 1. The summed E-state index contributed by atoms with van der Waals surface area (Å²) in [4.78, 5) is 2.45. The molecule has 2 rings (SSSR count). The van der Waals surface area contributed by atoms with Crippen molar-refractivity contribution < 1.29 is 9.15 Å². The van der Waals surface area contributed by atoms with Crippen molar-refractivity contribution >= 4 is 0 Å². The van der Waals surface area contributed by atoms with E-state index >= 15 is 0 Å². The molecule has 0 radical (unpaired) electrons. The van der Waals surface area contributed by atoms with Crippen molar-refractivity contribution in [3.05, 3.63) is 23.2 Å². The average molecular weight is 280 g/mol. The summed E-state index contributed by atoms with van der Waals surface area (Å²) in [6.45, 7) is 8.60. The standard InChI is InChI=1S/C16H28N2O2/c1-4-17-11-16-10-14(13(2)20-16)12-19-9-7-15-6-5-8-18(15)3/h10,15,17H,4-9,11-12H2,1-3H3. The van der Waals surface area contributed by atoms with E-state index in [1.807, 2.05) is 6.92 Å². The van der Waals surface area contributed by atoms with Crippen molar-refractivity contribution in [2.24, 2.45) is 0 Å². The van der Waals surface area contributed by atoms with Gasteiger partial charge in [-0.15, -0.1) is 0 Å². The molecule has 1 aromatic heterocycles. The third-order valence-electron chi connectivity index (χ3n) is 4.15. The molecule has 0 bridgehead atoms. The van der Waals surface area contributed by atoms with E-state index in [4.69, 9.17) is 9.15 Å². The van der Waals surface area contributed by atoms with Gasteiger partial charge in [-0.05, 0) is 52.4 Å². The Kier molecular flexibility index (Phi) is 6.07. The Labute approximate surface area is 122 Å². The van der Waals surface area contributed by atoms with Crippen molar-refractivity contribution in [2.75, 3.05) is 26.7 Å². The predicted molar refractivity (Wildman–Crippen MR) is 80.8 cm³/mol. The van der Waals surface area contributed by atoms with E-state index in [1.165, 1.54) is 24.9 Å². The molecule has 114 valence electrons. The lowest BCUT2D eigenvalue weighted by molar-refractivity contribution is 0.101. The molecule has 1 aliphatic heterocycles. The van der Waals surface area contributed by atoms with Crippen molar-refractivity contribution in [2.45, 2.75) is 52.3 Å². The summed E-state index contributed by atoms with van der Waals surface area (Å²) >= 11 is 0. The minimum atomic E-state index is 0.665. The number of ether oxygens (including phenoxy) is 1. The summed E-state index contributed by atoms with van der Waals surface area (Å²) in [6, 6.07) is 2.82. The minimum Gasteiger partial charge on any atom is -0.465 e. The topological polar surface area (TPSA) is 37.6 Å². The maximum absolute atomic E-state index is 5.82. The molecule has 4 heteroatoms. The molecule has 20 heavy (non-hydrogen) atoms. The van der Waals surface area contributed by atoms with Gasteiger partial charge in [0, 0.05) is 18.2 Å². The van der Waals surface area contributed by atoms with Gasteiger partial charge in [-0.25, -0.2) is 0 Å². The molecule has 1 fully saturated rings. The van der Waals surface area contributed by atoms with Gasteiger partial charge in [0.2, 0.25) is 0 Å². The molecule has 1 atom stereocenters. The molecule has 1 N–H and O–H groups in total. The lowest BCUT2D eigenvalue weighted by atomic mass is 10.1. The largest absolute Gasteiger partial charge is 0.465 e. The molecular formula is C16H28N2O2. The van der Waals surface area contributed by atoms with Crippen LogP contribution in [-0.2, 0) is 17.9 Å². The first-order valence-electron chi connectivity index (χ1n) is 7.77. The molecule has 0 spiro atoms. The summed E-state index contributed by atoms with van der Waals surface area (Å²) in [7, 11) is 2.21. The highest BCUT2D eigenvalue weighted by molar-refractivity contribution is 5.19. The van der Waals surface area contributed by atoms with Crippen molar-refractivity contribution in [1.29, 1.82) is 0 Å². The third kappa shape index (κ3) is 4.33. The van der Waals surface area contributed by atoms with Crippen molar-refractivity contribution in [1.82, 2.24) is 10.2 Å². The molecule has 1 unspecified atom stereocenters. The van der Waals surface area contributed by atoms with E-state index in [2.05, 4.69) is 30.3 Å². The Balaban J connectivity index is 1.69. The molecule has 4 nitrogen and oxygen atoms in total. The predicted octanol–water partition coefficient (Wildman–Crippen LogP) is 2.70. The molecule has 1 aliphatic rings. The second-order valence-corrected chi connectivity index (χ2v) is 5.69. The third-order valence-corrected chi connectivity index (χ3v) is 4.15. The van der Waals surface area contributed by atoms with Crippen LogP contribution in [0.15, 0.2) is 10.5 Å². The molecular weight excluding hydrogens is 252 g/mol. The van der Waals surface area contributed by atoms with Gasteiger partial charge in [0.15, 0.2) is 0 Å². The number of rotatable bonds is 8. The summed E-state index contributed by atoms with van der Waals surface area (Å²) < 4.78 is 11.5. The highest BCUT2D eigenvalue weighted by atomic mass is 16.5. The highest BCUT2D eigenvalue weighted by Gasteiger charge is 2.20. The molecule has 1 aromatic rings. The molecule has 0 saturated carbocycles. The number of nitrogens with one attached hydrogen (secondary N) is 1. The van der Waals surface area contributed by atoms with Gasteiger partial charge in [-0.3, -0.25) is 0 Å². The SMILES string of the molecule is CCNCc1cc(COCCC2CCCN2C)c(C)o1. The summed E-state index contributed by atoms with van der Waals surface area (Å²) in [5, 5.41) is 3.27. The smallest absolute Gasteiger partial charge is 0.118 e. The number of likely N-dealkylation sites (tertiary alicyclic amines) is 1. The molecule has 2 heterocycles. The van der Waals surface area contributed by atoms with Crippen molar-refractivity contribution in [3.63, 3.8) is 0 Å². The van der Waals surface area contributed by atoms with Crippen LogP contribution in [0.4, 0.5) is 0 Å². The zero-order valence-corrected chi connectivity index (χ0v) is 13.1. The van der Waals surface area contributed by atoms with Gasteiger partial charge in [0.1, 0.15) is 11.5 Å². The monoisotopic (exact) mass is 280 g/mol. The Hall–Kier alpha value is -0.840. The minimum absolute atomic E-state index is 0.665. The number of hydrogen-bond acceptors (Lipinski definition) is 4. The molecule has 0 amide bonds. The van der Waals surface area contributed by atoms with Crippen LogP contribution < -0.4 is 5.32 Å². The van der Waals surface area contributed by atoms with Gasteiger partial charge in [-0.2, -0.15) is 0 Å². The highest BCUT2D eigenvalue weighted by Crippen LogP contribution is 2.19. The van der Waals surface area contributed by atoms with E-state index < -0.39 is 0 Å². The van der Waals surface area contributed by atoms with Gasteiger partial charge < -0.3 is 19.4 Å². The number of aryl methyl sites for hydroxylation is 1. The van der Waals surface area contributed by atoms with Crippen LogP contribution >= 0.6 is 0 Å². The van der Waals surface area contributed by atoms with Crippen LogP contribution in [0.3, 0.4) is 0 Å². The lowest BCUT2D eigenvalue weighted by Gasteiger charge is -2.18. The second kappa shape index (κ2) is 7.81. The first kappa shape index (κ1) is 15.5. The van der Waals surface area contributed by atoms with Crippen LogP contribution in [-0.4, -0.2) is 37.7 Å². The Bertz CT molecular complexity index is 403. The fourth-order valence-electron chi connectivity index (χ4n) is 2.81. The Morgan fingerprint density at radius 2 is 2.35 bits per heavy atom. The Morgan fingerprint density at radius 1 is 1.50 bits per heavy atom. The van der Waals surface area contributed by atoms with Crippen LogP contribution in [0, 0.1) is 6.92 Å². The van der Waals surface area contributed by atoms with Crippen LogP contribution in [0.5, 0.6) is 0 Å². The van der Waals surface area contributed by atoms with Gasteiger partial charge in [-0.1, -0.05) is 6.92 Å². The fourth-order valence-corrected chi connectivity index (χ4v) is 2.81. The fraction of sp³-hybridized carbons (Fsp3) is 0.750. The van der Waals surface area contributed by atoms with E-state index in [0.29, 0.717) is 12.6 Å². The summed E-state index contributed by atoms with van der Waals surface area (Å²) in [6.07, 6.45) is 3.78. The maximum atomic E-state index is 5.82. The maximum Gasteiger partial charge on any atom is 0.118 e. The number of nitrogens with zero attached hydrogens (tertiary/aromatic N) is 1. The van der Waals surface area contributed by atoms with E-state index in [9.17, 15) is 0 Å². The number of hydrogen-bond donors (Lipinski definition) is 1. The van der Waals surface area contributed by atoms with Crippen LogP contribution in [0.25, 0.3) is 0 Å². The molecule has 0 aromatic carbocycles. The molecule has 0 aliphatic carbocycles. The van der Waals surface area contributed by atoms with Crippen LogP contribution in [0.2, 0.25) is 0 Å². The van der Waals surface area contributed by atoms with E-state index in [1.54, 1.807) is 0 Å². The first-order chi connectivity index (χ1) is 9.70. The van der Waals surface area contributed by atoms with Crippen LogP contribution in [0.1, 0.15) is 43.3 Å². The van der Waals surface area contributed by atoms with Crippen molar-refractivity contribution in [3.8, 4) is 0 Å².